The normalized spacial score (nSPS) is 11.1. The van der Waals surface area contributed by atoms with Crippen LogP contribution in [-0.4, -0.2) is 11.1 Å². The van der Waals surface area contributed by atoms with Gasteiger partial charge in [0, 0.05) is 18.9 Å². The molecule has 0 aliphatic carbocycles. The van der Waals surface area contributed by atoms with E-state index in [1.165, 1.54) is 76.3 Å². The van der Waals surface area contributed by atoms with Crippen molar-refractivity contribution in [1.29, 1.82) is 0 Å². The van der Waals surface area contributed by atoms with Gasteiger partial charge in [-0.2, -0.15) is 0 Å². The fourth-order valence-electron chi connectivity index (χ4n) is 2.73. The van der Waals surface area contributed by atoms with Crippen LogP contribution in [0.3, 0.4) is 0 Å². The predicted molar refractivity (Wildman–Crippen MR) is 89.0 cm³/mol. The van der Waals surface area contributed by atoms with Crippen LogP contribution in [0.25, 0.3) is 0 Å². The number of hydrogen-bond acceptors (Lipinski definition) is 1. The molecule has 2 nitrogen and oxygen atoms in total. The monoisotopic (exact) mass is 278 g/mol. The average molecular weight is 278 g/mol. The molecule has 0 bridgehead atoms. The second kappa shape index (κ2) is 12.0. The first-order valence-corrected chi connectivity index (χ1v) is 8.71. The molecule has 0 saturated heterocycles. The van der Waals surface area contributed by atoms with Crippen molar-refractivity contribution in [3.63, 3.8) is 0 Å². The first-order valence-electron chi connectivity index (χ1n) is 8.71. The van der Waals surface area contributed by atoms with E-state index in [4.69, 9.17) is 5.73 Å². The fraction of sp³-hybridized carbons (Fsp3) is 0.778. The number of nitrogens with zero attached hydrogens (tertiary/aromatic N) is 1. The van der Waals surface area contributed by atoms with Gasteiger partial charge in [-0.1, -0.05) is 64.7 Å². The standard InChI is InChI=1S/C18H34N2/c1-2-3-4-5-6-7-8-9-10-11-15-20-16-13-18(17-20)12-14-19/h13,16-17H,2-12,14-15,19H2,1H3. The van der Waals surface area contributed by atoms with Crippen LogP contribution in [-0.2, 0) is 13.0 Å². The third kappa shape index (κ3) is 8.42. The minimum atomic E-state index is 0.752. The number of nitrogens with two attached hydrogens (primary N) is 1. The Kier molecular flexibility index (Phi) is 10.4. The molecule has 0 aromatic carbocycles. The van der Waals surface area contributed by atoms with E-state index in [0.29, 0.717) is 0 Å². The predicted octanol–water partition coefficient (Wildman–Crippen LogP) is 4.91. The highest BCUT2D eigenvalue weighted by Crippen LogP contribution is 2.11. The lowest BCUT2D eigenvalue weighted by molar-refractivity contribution is 0.535. The summed E-state index contributed by atoms with van der Waals surface area (Å²) >= 11 is 0. The van der Waals surface area contributed by atoms with Crippen LogP contribution in [0.15, 0.2) is 18.5 Å². The smallest absolute Gasteiger partial charge is 0.0219 e. The second-order valence-electron chi connectivity index (χ2n) is 5.98. The van der Waals surface area contributed by atoms with Crippen molar-refractivity contribution in [2.24, 2.45) is 5.73 Å². The molecule has 2 N–H and O–H groups in total. The first-order chi connectivity index (χ1) is 9.86. The summed E-state index contributed by atoms with van der Waals surface area (Å²) in [6.07, 6.45) is 19.5. The zero-order valence-electron chi connectivity index (χ0n) is 13.4. The van der Waals surface area contributed by atoms with Gasteiger partial charge in [0.1, 0.15) is 0 Å². The Balaban J connectivity index is 1.89. The number of hydrogen-bond donors (Lipinski definition) is 1. The molecular formula is C18H34N2. The Morgan fingerprint density at radius 1 is 0.900 bits per heavy atom. The van der Waals surface area contributed by atoms with Crippen molar-refractivity contribution < 1.29 is 0 Å². The lowest BCUT2D eigenvalue weighted by Crippen LogP contribution is -2.02. The van der Waals surface area contributed by atoms with E-state index in [1.54, 1.807) is 0 Å². The van der Waals surface area contributed by atoms with Crippen molar-refractivity contribution in [3.8, 4) is 0 Å². The number of aromatic nitrogens is 1. The molecule has 0 amide bonds. The summed E-state index contributed by atoms with van der Waals surface area (Å²) in [5, 5.41) is 0. The molecule has 1 aromatic heterocycles. The summed E-state index contributed by atoms with van der Waals surface area (Å²) in [5.41, 5.74) is 6.94. The van der Waals surface area contributed by atoms with Crippen LogP contribution < -0.4 is 5.73 Å². The number of rotatable bonds is 13. The van der Waals surface area contributed by atoms with E-state index in [9.17, 15) is 0 Å². The molecule has 0 saturated carbocycles. The summed E-state index contributed by atoms with van der Waals surface area (Å²) in [4.78, 5) is 0. The zero-order chi connectivity index (χ0) is 14.5. The van der Waals surface area contributed by atoms with Gasteiger partial charge in [-0.15, -0.1) is 0 Å². The average Bonchev–Trinajstić information content (AvgIpc) is 2.89. The van der Waals surface area contributed by atoms with Gasteiger partial charge in [-0.25, -0.2) is 0 Å². The van der Waals surface area contributed by atoms with Crippen LogP contribution >= 0.6 is 0 Å². The van der Waals surface area contributed by atoms with Crippen molar-refractivity contribution in [3.05, 3.63) is 24.0 Å². The summed E-state index contributed by atoms with van der Waals surface area (Å²) in [6, 6.07) is 2.20. The minimum absolute atomic E-state index is 0.752. The van der Waals surface area contributed by atoms with E-state index in [1.807, 2.05) is 0 Å². The maximum Gasteiger partial charge on any atom is 0.0219 e. The summed E-state index contributed by atoms with van der Waals surface area (Å²) in [7, 11) is 0. The first kappa shape index (κ1) is 17.3. The Hall–Kier alpha value is -0.760. The van der Waals surface area contributed by atoms with Crippen LogP contribution in [0.5, 0.6) is 0 Å². The maximum atomic E-state index is 5.57. The van der Waals surface area contributed by atoms with E-state index < -0.39 is 0 Å². The van der Waals surface area contributed by atoms with Gasteiger partial charge in [0.25, 0.3) is 0 Å². The van der Waals surface area contributed by atoms with E-state index in [2.05, 4.69) is 30.0 Å². The Morgan fingerprint density at radius 3 is 2.10 bits per heavy atom. The lowest BCUT2D eigenvalue weighted by atomic mass is 10.1. The topological polar surface area (TPSA) is 30.9 Å². The summed E-state index contributed by atoms with van der Waals surface area (Å²) < 4.78 is 2.32. The van der Waals surface area contributed by atoms with Crippen molar-refractivity contribution in [2.75, 3.05) is 6.54 Å². The Bertz CT molecular complexity index is 317. The molecule has 1 rings (SSSR count). The maximum absolute atomic E-state index is 5.57. The quantitative estimate of drug-likeness (QED) is 0.511. The van der Waals surface area contributed by atoms with Gasteiger partial charge in [0.05, 0.1) is 0 Å². The van der Waals surface area contributed by atoms with Crippen LogP contribution in [0, 0.1) is 0 Å². The molecule has 20 heavy (non-hydrogen) atoms. The fourth-order valence-corrected chi connectivity index (χ4v) is 2.73. The third-order valence-corrected chi connectivity index (χ3v) is 4.01. The van der Waals surface area contributed by atoms with Crippen molar-refractivity contribution >= 4 is 0 Å². The highest BCUT2D eigenvalue weighted by Gasteiger charge is 1.96. The molecule has 0 aliphatic heterocycles. The van der Waals surface area contributed by atoms with Gasteiger partial charge >= 0.3 is 0 Å². The number of unbranched alkanes of at least 4 members (excludes halogenated alkanes) is 9. The van der Waals surface area contributed by atoms with E-state index in [0.717, 1.165) is 13.0 Å². The van der Waals surface area contributed by atoms with Crippen LogP contribution in [0.2, 0.25) is 0 Å². The molecular weight excluding hydrogens is 244 g/mol. The Morgan fingerprint density at radius 2 is 1.50 bits per heavy atom. The third-order valence-electron chi connectivity index (χ3n) is 4.01. The second-order valence-corrected chi connectivity index (χ2v) is 5.98. The zero-order valence-corrected chi connectivity index (χ0v) is 13.4. The van der Waals surface area contributed by atoms with Crippen molar-refractivity contribution in [2.45, 2.75) is 84.1 Å². The lowest BCUT2D eigenvalue weighted by Gasteiger charge is -2.04. The summed E-state index contributed by atoms with van der Waals surface area (Å²) in [6.45, 7) is 4.20. The minimum Gasteiger partial charge on any atom is -0.354 e. The highest BCUT2D eigenvalue weighted by molar-refractivity contribution is 5.10. The highest BCUT2D eigenvalue weighted by atomic mass is 14.9. The van der Waals surface area contributed by atoms with Gasteiger partial charge < -0.3 is 10.3 Å². The summed E-state index contributed by atoms with van der Waals surface area (Å²) in [5.74, 6) is 0. The molecule has 2 heteroatoms. The van der Waals surface area contributed by atoms with Gasteiger partial charge in [0.15, 0.2) is 0 Å². The molecule has 0 radical (unpaired) electrons. The molecule has 1 aromatic rings. The largest absolute Gasteiger partial charge is 0.354 e. The SMILES string of the molecule is CCCCCCCCCCCCn1ccc(CCN)c1. The molecule has 1 heterocycles. The van der Waals surface area contributed by atoms with E-state index in [-0.39, 0.29) is 0 Å². The molecule has 116 valence electrons. The molecule has 0 atom stereocenters. The molecule has 0 spiro atoms. The number of aryl methyl sites for hydroxylation is 1. The van der Waals surface area contributed by atoms with Gasteiger partial charge in [0.2, 0.25) is 0 Å². The Labute approximate surface area is 125 Å². The molecule has 0 unspecified atom stereocenters. The van der Waals surface area contributed by atoms with Gasteiger partial charge in [-0.3, -0.25) is 0 Å². The van der Waals surface area contributed by atoms with Gasteiger partial charge in [-0.05, 0) is 31.0 Å². The van der Waals surface area contributed by atoms with Crippen LogP contribution in [0.1, 0.15) is 76.7 Å². The van der Waals surface area contributed by atoms with Crippen LogP contribution in [0.4, 0.5) is 0 Å². The van der Waals surface area contributed by atoms with Crippen molar-refractivity contribution in [1.82, 2.24) is 4.57 Å². The molecule has 0 aliphatic rings. The molecule has 0 fully saturated rings. The van der Waals surface area contributed by atoms with E-state index >= 15 is 0 Å².